The fourth-order valence-corrected chi connectivity index (χ4v) is 1.30. The normalized spacial score (nSPS) is 16.1. The molecule has 1 aromatic rings. The van der Waals surface area contributed by atoms with Crippen LogP contribution in [0.5, 0.6) is 0 Å². The van der Waals surface area contributed by atoms with Gasteiger partial charge >= 0.3 is 0 Å². The number of ketones is 1. The molecule has 1 aliphatic rings. The third-order valence-corrected chi connectivity index (χ3v) is 2.14. The second-order valence-electron chi connectivity index (χ2n) is 3.03. The van der Waals surface area contributed by atoms with E-state index in [-0.39, 0.29) is 11.7 Å². The minimum atomic E-state index is 0.185. The first kappa shape index (κ1) is 7.74. The predicted molar refractivity (Wildman–Crippen MR) is 46.3 cm³/mol. The molecule has 3 heteroatoms. The fourth-order valence-electron chi connectivity index (χ4n) is 1.13. The molecule has 1 aliphatic carbocycles. The van der Waals surface area contributed by atoms with Gasteiger partial charge in [-0.2, -0.15) is 0 Å². The standard InChI is InChI=1S/C9H8ClNO/c10-8-3-7(4-11-5-8)9(12)6-1-2-6/h3-6H,1-2H2. The predicted octanol–water partition coefficient (Wildman–Crippen LogP) is 2.33. The van der Waals surface area contributed by atoms with Crippen LogP contribution in [-0.4, -0.2) is 10.8 Å². The highest BCUT2D eigenvalue weighted by atomic mass is 35.5. The minimum absolute atomic E-state index is 0.185. The van der Waals surface area contributed by atoms with Crippen LogP contribution in [0.2, 0.25) is 5.02 Å². The molecule has 12 heavy (non-hydrogen) atoms. The molecule has 1 saturated carbocycles. The topological polar surface area (TPSA) is 30.0 Å². The molecular weight excluding hydrogens is 174 g/mol. The highest BCUT2D eigenvalue weighted by Crippen LogP contribution is 2.32. The smallest absolute Gasteiger partial charge is 0.167 e. The quantitative estimate of drug-likeness (QED) is 0.656. The van der Waals surface area contributed by atoms with Gasteiger partial charge in [-0.15, -0.1) is 0 Å². The fraction of sp³-hybridized carbons (Fsp3) is 0.333. The summed E-state index contributed by atoms with van der Waals surface area (Å²) in [4.78, 5) is 15.3. The lowest BCUT2D eigenvalue weighted by Gasteiger charge is -1.96. The van der Waals surface area contributed by atoms with Crippen molar-refractivity contribution >= 4 is 17.4 Å². The SMILES string of the molecule is O=C(c1cncc(Cl)c1)C1CC1. The molecule has 0 bridgehead atoms. The highest BCUT2D eigenvalue weighted by molar-refractivity contribution is 6.30. The number of Topliss-reactive ketones (excluding diaryl/α,β-unsaturated/α-hetero) is 1. The van der Waals surface area contributed by atoms with Crippen LogP contribution in [-0.2, 0) is 0 Å². The van der Waals surface area contributed by atoms with E-state index in [1.54, 1.807) is 12.3 Å². The van der Waals surface area contributed by atoms with E-state index < -0.39 is 0 Å². The highest BCUT2D eigenvalue weighted by Gasteiger charge is 2.30. The Morgan fingerprint density at radius 1 is 1.50 bits per heavy atom. The number of rotatable bonds is 2. The zero-order valence-electron chi connectivity index (χ0n) is 6.46. The number of carbonyl (C=O) groups is 1. The van der Waals surface area contributed by atoms with Gasteiger partial charge in [0.15, 0.2) is 5.78 Å². The monoisotopic (exact) mass is 181 g/mol. The van der Waals surface area contributed by atoms with Crippen LogP contribution in [0.25, 0.3) is 0 Å². The molecule has 0 aliphatic heterocycles. The maximum Gasteiger partial charge on any atom is 0.167 e. The molecule has 0 spiro atoms. The van der Waals surface area contributed by atoms with Crippen molar-refractivity contribution in [2.45, 2.75) is 12.8 Å². The van der Waals surface area contributed by atoms with E-state index in [4.69, 9.17) is 11.6 Å². The van der Waals surface area contributed by atoms with Gasteiger partial charge < -0.3 is 0 Å². The van der Waals surface area contributed by atoms with Crippen LogP contribution < -0.4 is 0 Å². The third kappa shape index (κ3) is 1.48. The molecule has 0 N–H and O–H groups in total. The lowest BCUT2D eigenvalue weighted by atomic mass is 10.1. The second-order valence-corrected chi connectivity index (χ2v) is 3.47. The number of pyridine rings is 1. The van der Waals surface area contributed by atoms with Gasteiger partial charge in [-0.25, -0.2) is 0 Å². The van der Waals surface area contributed by atoms with E-state index in [2.05, 4.69) is 4.98 Å². The van der Waals surface area contributed by atoms with Crippen molar-refractivity contribution in [2.24, 2.45) is 5.92 Å². The number of aromatic nitrogens is 1. The molecule has 2 rings (SSSR count). The van der Waals surface area contributed by atoms with E-state index in [1.165, 1.54) is 6.20 Å². The number of halogens is 1. The molecular formula is C9H8ClNO. The van der Waals surface area contributed by atoms with Gasteiger partial charge in [-0.3, -0.25) is 9.78 Å². The molecule has 0 atom stereocenters. The molecule has 1 fully saturated rings. The first-order valence-electron chi connectivity index (χ1n) is 3.92. The summed E-state index contributed by atoms with van der Waals surface area (Å²) in [5.74, 6) is 0.426. The van der Waals surface area contributed by atoms with Gasteiger partial charge in [-0.05, 0) is 18.9 Å². The van der Waals surface area contributed by atoms with E-state index in [0.717, 1.165) is 12.8 Å². The number of nitrogens with zero attached hydrogens (tertiary/aromatic N) is 1. The van der Waals surface area contributed by atoms with E-state index >= 15 is 0 Å². The van der Waals surface area contributed by atoms with E-state index in [9.17, 15) is 4.79 Å². The average Bonchev–Trinajstić information content (AvgIpc) is 2.85. The van der Waals surface area contributed by atoms with Crippen molar-refractivity contribution in [3.63, 3.8) is 0 Å². The molecule has 0 saturated heterocycles. The van der Waals surface area contributed by atoms with Crippen molar-refractivity contribution in [1.82, 2.24) is 4.98 Å². The molecule has 1 heterocycles. The van der Waals surface area contributed by atoms with Crippen molar-refractivity contribution in [3.05, 3.63) is 29.0 Å². The van der Waals surface area contributed by atoms with Crippen molar-refractivity contribution < 1.29 is 4.79 Å². The van der Waals surface area contributed by atoms with Crippen molar-refractivity contribution in [1.29, 1.82) is 0 Å². The molecule has 0 amide bonds. The van der Waals surface area contributed by atoms with E-state index in [0.29, 0.717) is 10.6 Å². The Balaban J connectivity index is 2.26. The number of hydrogen-bond acceptors (Lipinski definition) is 2. The van der Waals surface area contributed by atoms with Crippen LogP contribution in [0.4, 0.5) is 0 Å². The number of carbonyl (C=O) groups excluding carboxylic acids is 1. The van der Waals surface area contributed by atoms with Crippen LogP contribution in [0.1, 0.15) is 23.2 Å². The van der Waals surface area contributed by atoms with Gasteiger partial charge in [0.05, 0.1) is 5.02 Å². The van der Waals surface area contributed by atoms with Gasteiger partial charge in [0, 0.05) is 23.9 Å². The van der Waals surface area contributed by atoms with E-state index in [1.807, 2.05) is 0 Å². The summed E-state index contributed by atoms with van der Waals surface area (Å²) in [5.41, 5.74) is 0.644. The Kier molecular flexibility index (Phi) is 1.85. The van der Waals surface area contributed by atoms with Crippen LogP contribution >= 0.6 is 11.6 Å². The summed E-state index contributed by atoms with van der Waals surface area (Å²) in [6.07, 6.45) is 5.15. The summed E-state index contributed by atoms with van der Waals surface area (Å²) in [6.45, 7) is 0. The minimum Gasteiger partial charge on any atom is -0.294 e. The van der Waals surface area contributed by atoms with Crippen molar-refractivity contribution in [3.8, 4) is 0 Å². The maximum atomic E-state index is 11.5. The summed E-state index contributed by atoms with van der Waals surface area (Å²) >= 11 is 5.70. The zero-order chi connectivity index (χ0) is 8.55. The first-order chi connectivity index (χ1) is 5.77. The van der Waals surface area contributed by atoms with Crippen LogP contribution in [0, 0.1) is 5.92 Å². The lowest BCUT2D eigenvalue weighted by Crippen LogP contribution is -2.01. The Morgan fingerprint density at radius 2 is 2.25 bits per heavy atom. The van der Waals surface area contributed by atoms with Gasteiger partial charge in [0.2, 0.25) is 0 Å². The Hall–Kier alpha value is -0.890. The molecule has 2 nitrogen and oxygen atoms in total. The van der Waals surface area contributed by atoms with Gasteiger partial charge in [-0.1, -0.05) is 11.6 Å². The number of hydrogen-bond donors (Lipinski definition) is 0. The lowest BCUT2D eigenvalue weighted by molar-refractivity contribution is 0.0967. The Morgan fingerprint density at radius 3 is 2.83 bits per heavy atom. The van der Waals surface area contributed by atoms with Crippen LogP contribution in [0.3, 0.4) is 0 Å². The van der Waals surface area contributed by atoms with Crippen molar-refractivity contribution in [2.75, 3.05) is 0 Å². The maximum absolute atomic E-state index is 11.5. The molecule has 0 radical (unpaired) electrons. The summed E-state index contributed by atoms with van der Waals surface area (Å²) in [7, 11) is 0. The summed E-state index contributed by atoms with van der Waals surface area (Å²) in [6, 6.07) is 1.68. The molecule has 62 valence electrons. The summed E-state index contributed by atoms with van der Waals surface area (Å²) in [5, 5.41) is 0.529. The third-order valence-electron chi connectivity index (χ3n) is 1.94. The Bertz CT molecular complexity index is 320. The Labute approximate surface area is 75.6 Å². The van der Waals surface area contributed by atoms with Gasteiger partial charge in [0.25, 0.3) is 0 Å². The second kappa shape index (κ2) is 2.87. The summed E-state index contributed by atoms with van der Waals surface area (Å²) < 4.78 is 0. The van der Waals surface area contributed by atoms with Gasteiger partial charge in [0.1, 0.15) is 0 Å². The first-order valence-corrected chi connectivity index (χ1v) is 4.30. The largest absolute Gasteiger partial charge is 0.294 e. The average molecular weight is 182 g/mol. The molecule has 1 aromatic heterocycles. The molecule has 0 unspecified atom stereocenters. The zero-order valence-corrected chi connectivity index (χ0v) is 7.21. The molecule has 0 aromatic carbocycles. The van der Waals surface area contributed by atoms with Crippen LogP contribution in [0.15, 0.2) is 18.5 Å².